The van der Waals surface area contributed by atoms with Crippen molar-refractivity contribution in [3.05, 3.63) is 0 Å². The van der Waals surface area contributed by atoms with Gasteiger partial charge in [0, 0.05) is 25.7 Å². The summed E-state index contributed by atoms with van der Waals surface area (Å²) in [4.78, 5) is 77.8. The molecule has 0 N–H and O–H groups in total. The van der Waals surface area contributed by atoms with Crippen molar-refractivity contribution in [1.29, 1.82) is 0 Å². The monoisotopic (exact) mass is 889 g/mol. The smallest absolute Gasteiger partial charge is 0.461 e. The Kier molecular flexibility index (Phi) is 16.8. The molecule has 63 heavy (non-hydrogen) atoms. The van der Waals surface area contributed by atoms with Crippen molar-refractivity contribution in [3.63, 3.8) is 0 Å². The van der Waals surface area contributed by atoms with E-state index in [2.05, 4.69) is 13.8 Å². The van der Waals surface area contributed by atoms with Crippen molar-refractivity contribution >= 4 is 35.8 Å². The number of carbonyl (C=O) groups excluding carboxylic acids is 6. The van der Waals surface area contributed by atoms with Gasteiger partial charge in [-0.3, -0.25) is 24.0 Å². The number of Topliss-reactive ketones (excluding diaryl/α,β-unsaturated/α-hetero) is 1. The normalized spacial score (nSPS) is 29.5. The predicted octanol–water partition coefficient (Wildman–Crippen LogP) is 11.0. The fraction of sp³-hybridized carbons (Fsp3) is 0.882. The van der Waals surface area contributed by atoms with Gasteiger partial charge in [0.25, 0.3) is 0 Å². The van der Waals surface area contributed by atoms with Crippen LogP contribution in [-0.2, 0) is 52.4 Å². The molecule has 360 valence electrons. The zero-order valence-electron chi connectivity index (χ0n) is 41.7. The molecule has 4 rings (SSSR count). The van der Waals surface area contributed by atoms with Crippen molar-refractivity contribution in [2.45, 2.75) is 206 Å². The first-order valence-corrected chi connectivity index (χ1v) is 24.0. The molecule has 0 radical (unpaired) electrons. The highest BCUT2D eigenvalue weighted by Gasteiger charge is 2.61. The zero-order valence-corrected chi connectivity index (χ0v) is 41.7. The molecule has 4 saturated carbocycles. The SMILES string of the molecule is CC(=O)[C@H]1CCC2[C@@H]3CCC4C[C@@H](OC(=O)OC(C)OC(=O)CC(C)CC(=O)OC(COC(=O)C(C)(C)CC(C)(C)C)COC(=O)C(C)(C)CC(C)(C)C)CC[C@]4(C)C3CC[C@@]21C. The first-order chi connectivity index (χ1) is 28.8. The highest BCUT2D eigenvalue weighted by atomic mass is 16.8. The van der Waals surface area contributed by atoms with Gasteiger partial charge in [-0.05, 0) is 156 Å². The van der Waals surface area contributed by atoms with Crippen molar-refractivity contribution in [1.82, 2.24) is 0 Å². The number of esters is 4. The van der Waals surface area contributed by atoms with E-state index in [4.69, 9.17) is 28.4 Å². The molecule has 12 nitrogen and oxygen atoms in total. The summed E-state index contributed by atoms with van der Waals surface area (Å²) >= 11 is 0. The van der Waals surface area contributed by atoms with Crippen LogP contribution >= 0.6 is 0 Å². The third kappa shape index (κ3) is 13.9. The third-order valence-corrected chi connectivity index (χ3v) is 15.1. The topological polar surface area (TPSA) is 158 Å². The molecule has 0 aromatic rings. The van der Waals surface area contributed by atoms with Crippen LogP contribution < -0.4 is 0 Å². The summed E-state index contributed by atoms with van der Waals surface area (Å²) in [5.74, 6) is 0.119. The molecule has 4 fully saturated rings. The van der Waals surface area contributed by atoms with Gasteiger partial charge < -0.3 is 28.4 Å². The molecule has 4 aliphatic carbocycles. The van der Waals surface area contributed by atoms with Crippen molar-refractivity contribution in [2.24, 2.45) is 68.0 Å². The summed E-state index contributed by atoms with van der Waals surface area (Å²) in [7, 11) is 0. The first kappa shape index (κ1) is 52.4. The number of hydrogen-bond donors (Lipinski definition) is 0. The third-order valence-electron chi connectivity index (χ3n) is 15.1. The van der Waals surface area contributed by atoms with Crippen LogP contribution in [0, 0.1) is 68.0 Å². The van der Waals surface area contributed by atoms with Crippen molar-refractivity contribution < 1.29 is 57.2 Å². The van der Waals surface area contributed by atoms with Gasteiger partial charge in [-0.2, -0.15) is 0 Å². The maximum atomic E-state index is 13.2. The number of hydrogen-bond acceptors (Lipinski definition) is 12. The number of ether oxygens (including phenoxy) is 6. The van der Waals surface area contributed by atoms with Crippen LogP contribution in [0.1, 0.15) is 187 Å². The Morgan fingerprint density at radius 3 is 1.65 bits per heavy atom. The minimum absolute atomic E-state index is 0.124. The molecular formula is C51H84O12. The van der Waals surface area contributed by atoms with Crippen molar-refractivity contribution in [2.75, 3.05) is 13.2 Å². The molecule has 0 heterocycles. The molecule has 0 bridgehead atoms. The Bertz CT molecular complexity index is 1610. The van der Waals surface area contributed by atoms with Gasteiger partial charge in [0.2, 0.25) is 6.29 Å². The number of carbonyl (C=O) groups is 6. The van der Waals surface area contributed by atoms with Gasteiger partial charge in [0.15, 0.2) is 6.10 Å². The average molecular weight is 889 g/mol. The fourth-order valence-corrected chi connectivity index (χ4v) is 13.1. The molecule has 10 atom stereocenters. The average Bonchev–Trinajstić information content (AvgIpc) is 3.47. The van der Waals surface area contributed by atoms with Crippen LogP contribution in [0.3, 0.4) is 0 Å². The molecule has 4 aliphatic rings. The lowest BCUT2D eigenvalue weighted by Crippen LogP contribution is -2.54. The van der Waals surface area contributed by atoms with Crippen molar-refractivity contribution in [3.8, 4) is 0 Å². The van der Waals surface area contributed by atoms with Crippen LogP contribution in [0.15, 0.2) is 0 Å². The first-order valence-electron chi connectivity index (χ1n) is 24.0. The highest BCUT2D eigenvalue weighted by Crippen LogP contribution is 2.67. The second-order valence-electron chi connectivity index (χ2n) is 24.4. The van der Waals surface area contributed by atoms with Gasteiger partial charge in [0.05, 0.1) is 10.8 Å². The zero-order chi connectivity index (χ0) is 47.5. The standard InChI is InChI=1S/C51H84O12/c1-31(25-42(54)62-36(27-58-43(55)48(10,11)29-46(4,5)6)28-59-44(56)49(12,13)30-47(7,8)9)24-41(53)60-33(3)61-45(57)63-35-20-22-50(14)34(26-35)16-17-37-39-19-18-38(32(2)52)51(39,15)23-21-40(37)50/h31,33-40H,16-30H2,1-15H3/t31?,33?,34?,35-,37-,38+,39?,40?,50-,51+/m0/s1. The lowest BCUT2D eigenvalue weighted by Gasteiger charge is -2.61. The summed E-state index contributed by atoms with van der Waals surface area (Å²) in [6.45, 7) is 28.5. The van der Waals surface area contributed by atoms with E-state index >= 15 is 0 Å². The summed E-state index contributed by atoms with van der Waals surface area (Å²) in [6, 6.07) is 0. The van der Waals surface area contributed by atoms with Gasteiger partial charge in [0.1, 0.15) is 25.1 Å². The van der Waals surface area contributed by atoms with Gasteiger partial charge in [-0.15, -0.1) is 0 Å². The van der Waals surface area contributed by atoms with Gasteiger partial charge in [-0.25, -0.2) is 4.79 Å². The Morgan fingerprint density at radius 2 is 1.13 bits per heavy atom. The van der Waals surface area contributed by atoms with Crippen LogP contribution in [0.25, 0.3) is 0 Å². The van der Waals surface area contributed by atoms with E-state index in [1.54, 1.807) is 41.5 Å². The van der Waals surface area contributed by atoms with Gasteiger partial charge >= 0.3 is 30.0 Å². The van der Waals surface area contributed by atoms with Crippen LogP contribution in [0.2, 0.25) is 0 Å². The fourth-order valence-electron chi connectivity index (χ4n) is 13.1. The predicted molar refractivity (Wildman–Crippen MR) is 239 cm³/mol. The Hall–Kier alpha value is -3.18. The quantitative estimate of drug-likeness (QED) is 0.0774. The lowest BCUT2D eigenvalue weighted by atomic mass is 9.44. The summed E-state index contributed by atoms with van der Waals surface area (Å²) < 4.78 is 33.5. The number of rotatable bonds is 17. The Morgan fingerprint density at radius 1 is 0.619 bits per heavy atom. The van der Waals surface area contributed by atoms with E-state index in [1.807, 2.05) is 41.5 Å². The van der Waals surface area contributed by atoms with E-state index < -0.39 is 59.2 Å². The maximum Gasteiger partial charge on any atom is 0.511 e. The molecule has 0 aromatic carbocycles. The molecule has 0 amide bonds. The van der Waals surface area contributed by atoms with Gasteiger partial charge in [-0.1, -0.05) is 62.3 Å². The minimum atomic E-state index is -1.20. The maximum absolute atomic E-state index is 13.2. The Balaban J connectivity index is 1.23. The van der Waals surface area contributed by atoms with E-state index in [0.717, 1.165) is 57.8 Å². The Labute approximate surface area is 379 Å². The molecule has 0 saturated heterocycles. The van der Waals surface area contributed by atoms with Crippen LogP contribution in [-0.4, -0.2) is 67.5 Å². The minimum Gasteiger partial charge on any atom is -0.461 e. The molecule has 0 aliphatic heterocycles. The summed E-state index contributed by atoms with van der Waals surface area (Å²) in [5.41, 5.74) is -1.58. The molecule has 0 aromatic heterocycles. The second-order valence-corrected chi connectivity index (χ2v) is 24.4. The number of fused-ring (bicyclic) bond motifs is 5. The van der Waals surface area contributed by atoms with E-state index in [0.29, 0.717) is 42.3 Å². The molecule has 0 spiro atoms. The number of ketones is 1. The van der Waals surface area contributed by atoms with Crippen LogP contribution in [0.4, 0.5) is 4.79 Å². The summed E-state index contributed by atoms with van der Waals surface area (Å²) in [6.07, 6.45) is 6.60. The highest BCUT2D eigenvalue weighted by molar-refractivity contribution is 5.79. The largest absolute Gasteiger partial charge is 0.511 e. The van der Waals surface area contributed by atoms with E-state index in [9.17, 15) is 28.8 Å². The van der Waals surface area contributed by atoms with E-state index in [-0.39, 0.29) is 59.7 Å². The second kappa shape index (κ2) is 20.1. The summed E-state index contributed by atoms with van der Waals surface area (Å²) in [5, 5.41) is 0. The lowest BCUT2D eigenvalue weighted by molar-refractivity contribution is -0.176. The molecular weight excluding hydrogens is 805 g/mol. The molecule has 12 heteroatoms. The molecule has 5 unspecified atom stereocenters. The van der Waals surface area contributed by atoms with Crippen LogP contribution in [0.5, 0.6) is 0 Å². The van der Waals surface area contributed by atoms with E-state index in [1.165, 1.54) is 6.92 Å².